The predicted octanol–water partition coefficient (Wildman–Crippen LogP) is 5.58. The minimum absolute atomic E-state index is 0.0106. The topological polar surface area (TPSA) is 36.4 Å². The standard InChI is InChI=1S/C20H20Cl3N3/c21-15-4-2-1-3-13(15)12-25-19-20(5-7-24-8-6-20)11-14-9-16(22)17(23)10-18(14)26-19/h1-4,9-10,24H,5-8,11-12H2,(H,25,26). The molecule has 26 heavy (non-hydrogen) atoms. The lowest BCUT2D eigenvalue weighted by Gasteiger charge is -2.43. The summed E-state index contributed by atoms with van der Waals surface area (Å²) < 4.78 is 0. The molecule has 2 aromatic rings. The number of aliphatic imine (C=N–C) groups is 1. The van der Waals surface area contributed by atoms with Crippen LogP contribution in [0.25, 0.3) is 0 Å². The summed E-state index contributed by atoms with van der Waals surface area (Å²) in [5, 5.41) is 8.92. The molecule has 2 N–H and O–H groups in total. The van der Waals surface area contributed by atoms with E-state index < -0.39 is 0 Å². The fraction of sp³-hybridized carbons (Fsp3) is 0.350. The van der Waals surface area contributed by atoms with Crippen molar-refractivity contribution in [2.75, 3.05) is 18.4 Å². The van der Waals surface area contributed by atoms with Gasteiger partial charge in [-0.1, -0.05) is 53.0 Å². The highest BCUT2D eigenvalue weighted by Crippen LogP contribution is 2.43. The fourth-order valence-corrected chi connectivity index (χ4v) is 4.42. The van der Waals surface area contributed by atoms with Crippen LogP contribution in [0, 0.1) is 5.41 Å². The van der Waals surface area contributed by atoms with Gasteiger partial charge in [-0.25, -0.2) is 0 Å². The first-order valence-electron chi connectivity index (χ1n) is 8.81. The minimum Gasteiger partial charge on any atom is -0.343 e. The lowest BCUT2D eigenvalue weighted by molar-refractivity contribution is 0.293. The molecule has 0 aromatic heterocycles. The van der Waals surface area contributed by atoms with E-state index in [4.69, 9.17) is 39.8 Å². The molecule has 6 heteroatoms. The summed E-state index contributed by atoms with van der Waals surface area (Å²) in [7, 11) is 0. The summed E-state index contributed by atoms with van der Waals surface area (Å²) >= 11 is 18.8. The predicted molar refractivity (Wildman–Crippen MR) is 111 cm³/mol. The number of amidine groups is 1. The average Bonchev–Trinajstić information content (AvgIpc) is 2.64. The first-order valence-corrected chi connectivity index (χ1v) is 9.95. The third-order valence-corrected chi connectivity index (χ3v) is 6.45. The van der Waals surface area contributed by atoms with Gasteiger partial charge in [0.15, 0.2) is 0 Å². The quantitative estimate of drug-likeness (QED) is 0.680. The SMILES string of the molecule is Clc1cc2c(cc1Cl)NC(=NCc1ccccc1Cl)C1(CCNCC1)C2. The Morgan fingerprint density at radius 3 is 2.46 bits per heavy atom. The Morgan fingerprint density at radius 1 is 0.962 bits per heavy atom. The molecule has 136 valence electrons. The molecule has 0 radical (unpaired) electrons. The summed E-state index contributed by atoms with van der Waals surface area (Å²) in [5.41, 5.74) is 3.25. The van der Waals surface area contributed by atoms with Gasteiger partial charge in [-0.15, -0.1) is 0 Å². The molecule has 0 unspecified atom stereocenters. The summed E-state index contributed by atoms with van der Waals surface area (Å²) in [5.74, 6) is 1.03. The second kappa shape index (κ2) is 7.40. The molecule has 0 aliphatic carbocycles. The van der Waals surface area contributed by atoms with Crippen molar-refractivity contribution in [1.82, 2.24) is 5.32 Å². The van der Waals surface area contributed by atoms with Crippen LogP contribution in [0.5, 0.6) is 0 Å². The smallest absolute Gasteiger partial charge is 0.108 e. The van der Waals surface area contributed by atoms with Crippen LogP contribution in [-0.4, -0.2) is 18.9 Å². The van der Waals surface area contributed by atoms with Crippen LogP contribution >= 0.6 is 34.8 Å². The zero-order valence-corrected chi connectivity index (χ0v) is 16.6. The molecule has 4 rings (SSSR count). The number of nitrogens with zero attached hydrogens (tertiary/aromatic N) is 1. The molecule has 0 saturated carbocycles. The summed E-state index contributed by atoms with van der Waals surface area (Å²) in [6.07, 6.45) is 3.01. The summed E-state index contributed by atoms with van der Waals surface area (Å²) in [6, 6.07) is 11.7. The van der Waals surface area contributed by atoms with Crippen molar-refractivity contribution in [2.45, 2.75) is 25.8 Å². The van der Waals surface area contributed by atoms with E-state index >= 15 is 0 Å². The summed E-state index contributed by atoms with van der Waals surface area (Å²) in [4.78, 5) is 4.96. The molecule has 1 fully saturated rings. The maximum Gasteiger partial charge on any atom is 0.108 e. The molecule has 2 aromatic carbocycles. The van der Waals surface area contributed by atoms with Crippen LogP contribution in [-0.2, 0) is 13.0 Å². The lowest BCUT2D eigenvalue weighted by atomic mass is 9.71. The first kappa shape index (κ1) is 18.1. The largest absolute Gasteiger partial charge is 0.343 e. The van der Waals surface area contributed by atoms with Gasteiger partial charge in [-0.2, -0.15) is 0 Å². The third kappa shape index (κ3) is 3.46. The monoisotopic (exact) mass is 407 g/mol. The molecule has 3 nitrogen and oxygen atoms in total. The van der Waals surface area contributed by atoms with Crippen LogP contribution in [0.1, 0.15) is 24.0 Å². The molecular formula is C20H20Cl3N3. The highest BCUT2D eigenvalue weighted by atomic mass is 35.5. The van der Waals surface area contributed by atoms with E-state index in [2.05, 4.69) is 10.6 Å². The van der Waals surface area contributed by atoms with Crippen molar-refractivity contribution >= 4 is 46.3 Å². The first-order chi connectivity index (χ1) is 12.6. The molecule has 1 saturated heterocycles. The maximum absolute atomic E-state index is 6.31. The molecule has 1 spiro atoms. The second-order valence-corrected chi connectivity index (χ2v) is 8.23. The van der Waals surface area contributed by atoms with Crippen molar-refractivity contribution in [2.24, 2.45) is 10.4 Å². The molecule has 0 atom stereocenters. The Bertz CT molecular complexity index is 857. The van der Waals surface area contributed by atoms with Crippen molar-refractivity contribution in [3.8, 4) is 0 Å². The Kier molecular flexibility index (Phi) is 5.15. The molecule has 2 aliphatic rings. The van der Waals surface area contributed by atoms with Gasteiger partial charge in [0.05, 0.1) is 16.6 Å². The van der Waals surface area contributed by atoms with Gasteiger partial charge in [0.25, 0.3) is 0 Å². The van der Waals surface area contributed by atoms with Gasteiger partial charge >= 0.3 is 0 Å². The molecule has 2 aliphatic heterocycles. The van der Waals surface area contributed by atoms with Crippen LogP contribution in [0.3, 0.4) is 0 Å². The Morgan fingerprint density at radius 2 is 1.69 bits per heavy atom. The van der Waals surface area contributed by atoms with E-state index in [9.17, 15) is 0 Å². The van der Waals surface area contributed by atoms with Crippen molar-refractivity contribution in [1.29, 1.82) is 0 Å². The Balaban J connectivity index is 1.71. The van der Waals surface area contributed by atoms with Crippen molar-refractivity contribution in [3.63, 3.8) is 0 Å². The number of anilines is 1. The number of hydrogen-bond acceptors (Lipinski definition) is 2. The Hall–Kier alpha value is -1.26. The van der Waals surface area contributed by atoms with Crippen molar-refractivity contribution in [3.05, 3.63) is 62.6 Å². The van der Waals surface area contributed by atoms with E-state index in [1.54, 1.807) is 0 Å². The van der Waals surface area contributed by atoms with Crippen molar-refractivity contribution < 1.29 is 0 Å². The number of fused-ring (bicyclic) bond motifs is 1. The highest BCUT2D eigenvalue weighted by Gasteiger charge is 2.41. The highest BCUT2D eigenvalue weighted by molar-refractivity contribution is 6.42. The Labute approximate surface area is 168 Å². The van der Waals surface area contributed by atoms with Gasteiger partial charge in [0, 0.05) is 16.1 Å². The van der Waals surface area contributed by atoms with E-state index in [1.165, 1.54) is 5.56 Å². The van der Waals surface area contributed by atoms with Gasteiger partial charge in [-0.3, -0.25) is 4.99 Å². The lowest BCUT2D eigenvalue weighted by Crippen LogP contribution is -2.48. The zero-order chi connectivity index (χ0) is 18.1. The van der Waals surface area contributed by atoms with Gasteiger partial charge in [0.1, 0.15) is 5.84 Å². The maximum atomic E-state index is 6.31. The van der Waals surface area contributed by atoms with E-state index in [0.717, 1.165) is 54.5 Å². The van der Waals surface area contributed by atoms with Gasteiger partial charge in [-0.05, 0) is 61.7 Å². The average molecular weight is 409 g/mol. The van der Waals surface area contributed by atoms with Gasteiger partial charge in [0.2, 0.25) is 0 Å². The number of benzene rings is 2. The fourth-order valence-electron chi connectivity index (χ4n) is 3.88. The zero-order valence-electron chi connectivity index (χ0n) is 14.3. The van der Waals surface area contributed by atoms with Crippen LogP contribution in [0.2, 0.25) is 15.1 Å². The number of halogens is 3. The number of rotatable bonds is 2. The number of nitrogens with one attached hydrogen (secondary N) is 2. The van der Waals surface area contributed by atoms with Crippen LogP contribution in [0.15, 0.2) is 41.4 Å². The summed E-state index contributed by atoms with van der Waals surface area (Å²) in [6.45, 7) is 2.54. The van der Waals surface area contributed by atoms with Crippen LogP contribution < -0.4 is 10.6 Å². The van der Waals surface area contributed by atoms with Crippen LogP contribution in [0.4, 0.5) is 5.69 Å². The normalized spacial score (nSPS) is 20.0. The molecule has 0 bridgehead atoms. The van der Waals surface area contributed by atoms with Gasteiger partial charge < -0.3 is 10.6 Å². The minimum atomic E-state index is 0.0106. The molecule has 2 heterocycles. The van der Waals surface area contributed by atoms with E-state index in [1.807, 2.05) is 36.4 Å². The second-order valence-electron chi connectivity index (χ2n) is 7.01. The third-order valence-electron chi connectivity index (χ3n) is 5.36. The van der Waals surface area contributed by atoms with E-state index in [-0.39, 0.29) is 5.41 Å². The molecule has 0 amide bonds. The number of hydrogen-bond donors (Lipinski definition) is 2. The van der Waals surface area contributed by atoms with E-state index in [0.29, 0.717) is 16.6 Å². The number of piperidine rings is 1. The molecular weight excluding hydrogens is 389 g/mol.